The molecule has 5 nitrogen and oxygen atoms in total. The topological polar surface area (TPSA) is 67.8 Å². The molecule has 2 N–H and O–H groups in total. The molecule has 6 heteroatoms. The highest BCUT2D eigenvalue weighted by atomic mass is 28.4. The summed E-state index contributed by atoms with van der Waals surface area (Å²) in [6.07, 6.45) is -1.43. The maximum Gasteiger partial charge on any atom is 0.407 e. The van der Waals surface area contributed by atoms with Gasteiger partial charge in [-0.25, -0.2) is 4.79 Å². The molecule has 31 heavy (non-hydrogen) atoms. The standard InChI is InChI=1S/C25H37NO4Si/c1-19(26-23(28)30-24(2,3)4)22(27)18-29-31(25(5,6)7,20-14-10-8-11-15-20)21-16-12-9-13-17-21/h8-17,19,22,27H,18H2,1-7H3,(H,26,28)/t19-,22+/m0/s1. The highest BCUT2D eigenvalue weighted by Gasteiger charge is 2.50. The maximum absolute atomic E-state index is 12.1. The SMILES string of the molecule is C[C@H](NC(=O)OC(C)(C)C)[C@H](O)CO[Si](c1ccccc1)(c1ccccc1)C(C)(C)C. The molecule has 0 spiro atoms. The number of rotatable bonds is 7. The molecular weight excluding hydrogens is 406 g/mol. The second-order valence-corrected chi connectivity index (χ2v) is 14.3. The van der Waals surface area contributed by atoms with Crippen LogP contribution in [0.4, 0.5) is 4.79 Å². The Bertz CT molecular complexity index is 789. The molecule has 0 aliphatic rings. The second kappa shape index (κ2) is 9.98. The van der Waals surface area contributed by atoms with Crippen molar-refractivity contribution in [2.45, 2.75) is 71.3 Å². The van der Waals surface area contributed by atoms with Gasteiger partial charge in [-0.15, -0.1) is 0 Å². The fourth-order valence-corrected chi connectivity index (χ4v) is 8.28. The van der Waals surface area contributed by atoms with Crippen LogP contribution in [0.3, 0.4) is 0 Å². The minimum atomic E-state index is -2.74. The van der Waals surface area contributed by atoms with E-state index in [1.54, 1.807) is 27.7 Å². The molecule has 0 aliphatic heterocycles. The van der Waals surface area contributed by atoms with Crippen molar-refractivity contribution >= 4 is 24.8 Å². The van der Waals surface area contributed by atoms with E-state index in [4.69, 9.17) is 9.16 Å². The lowest BCUT2D eigenvalue weighted by molar-refractivity contribution is 0.0363. The largest absolute Gasteiger partial charge is 0.444 e. The predicted molar refractivity (Wildman–Crippen MR) is 128 cm³/mol. The number of hydrogen-bond acceptors (Lipinski definition) is 4. The average Bonchev–Trinajstić information content (AvgIpc) is 2.67. The van der Waals surface area contributed by atoms with E-state index in [0.29, 0.717) is 0 Å². The van der Waals surface area contributed by atoms with Crippen molar-refractivity contribution in [2.24, 2.45) is 0 Å². The van der Waals surface area contributed by atoms with Crippen LogP contribution in [-0.2, 0) is 9.16 Å². The monoisotopic (exact) mass is 443 g/mol. The summed E-state index contributed by atoms with van der Waals surface area (Å²) in [6.45, 7) is 13.8. The minimum absolute atomic E-state index is 0.101. The predicted octanol–water partition coefficient (Wildman–Crippen LogP) is 3.84. The van der Waals surface area contributed by atoms with Crippen molar-refractivity contribution < 1.29 is 19.1 Å². The van der Waals surface area contributed by atoms with Crippen LogP contribution in [0.2, 0.25) is 5.04 Å². The highest BCUT2D eigenvalue weighted by Crippen LogP contribution is 2.36. The number of aliphatic hydroxyl groups is 1. The molecule has 0 aromatic heterocycles. The van der Waals surface area contributed by atoms with Gasteiger partial charge in [0.2, 0.25) is 0 Å². The fraction of sp³-hybridized carbons (Fsp3) is 0.480. The Morgan fingerprint density at radius 3 is 1.77 bits per heavy atom. The number of carbonyl (C=O) groups is 1. The molecule has 0 unspecified atom stereocenters. The van der Waals surface area contributed by atoms with Crippen LogP contribution in [-0.4, -0.2) is 43.9 Å². The van der Waals surface area contributed by atoms with E-state index in [1.165, 1.54) is 0 Å². The van der Waals surface area contributed by atoms with Crippen molar-refractivity contribution in [3.05, 3.63) is 60.7 Å². The summed E-state index contributed by atoms with van der Waals surface area (Å²) < 4.78 is 12.0. The zero-order valence-corrected chi connectivity index (χ0v) is 20.8. The summed E-state index contributed by atoms with van der Waals surface area (Å²) in [4.78, 5) is 12.1. The molecule has 0 radical (unpaired) electrons. The van der Waals surface area contributed by atoms with Crippen LogP contribution in [0.15, 0.2) is 60.7 Å². The van der Waals surface area contributed by atoms with Crippen molar-refractivity contribution in [3.63, 3.8) is 0 Å². The molecule has 0 aliphatic carbocycles. The zero-order valence-electron chi connectivity index (χ0n) is 19.8. The average molecular weight is 444 g/mol. The summed E-state index contributed by atoms with van der Waals surface area (Å²) >= 11 is 0. The van der Waals surface area contributed by atoms with Gasteiger partial charge >= 0.3 is 6.09 Å². The maximum atomic E-state index is 12.1. The zero-order chi connectivity index (χ0) is 23.3. The molecule has 0 bridgehead atoms. The van der Waals surface area contributed by atoms with Crippen LogP contribution in [0, 0.1) is 0 Å². The summed E-state index contributed by atoms with van der Waals surface area (Å²) in [5.74, 6) is 0. The van der Waals surface area contributed by atoms with E-state index in [0.717, 1.165) is 10.4 Å². The lowest BCUT2D eigenvalue weighted by atomic mass is 10.2. The first-order chi connectivity index (χ1) is 14.4. The number of alkyl carbamates (subject to hydrolysis) is 1. The number of amides is 1. The third kappa shape index (κ3) is 6.42. The molecule has 0 fully saturated rings. The van der Waals surface area contributed by atoms with E-state index >= 15 is 0 Å². The van der Waals surface area contributed by atoms with Crippen molar-refractivity contribution in [2.75, 3.05) is 6.61 Å². The van der Waals surface area contributed by atoms with Crippen LogP contribution in [0.5, 0.6) is 0 Å². The quantitative estimate of drug-likeness (QED) is 0.638. The summed E-state index contributed by atoms with van der Waals surface area (Å²) in [6, 6.07) is 20.0. The lowest BCUT2D eigenvalue weighted by Gasteiger charge is -2.43. The molecule has 0 saturated carbocycles. The van der Waals surface area contributed by atoms with Crippen LogP contribution < -0.4 is 15.7 Å². The molecular formula is C25H37NO4Si. The number of carbonyl (C=O) groups excluding carboxylic acids is 1. The number of hydrogen-bond donors (Lipinski definition) is 2. The summed E-state index contributed by atoms with van der Waals surface area (Å²) in [5.41, 5.74) is -0.597. The van der Waals surface area contributed by atoms with Gasteiger partial charge in [0.05, 0.1) is 18.8 Å². The highest BCUT2D eigenvalue weighted by molar-refractivity contribution is 6.99. The first-order valence-electron chi connectivity index (χ1n) is 10.8. The van der Waals surface area contributed by atoms with E-state index < -0.39 is 32.2 Å². The van der Waals surface area contributed by atoms with Gasteiger partial charge in [-0.1, -0.05) is 81.4 Å². The Labute approximate surface area is 187 Å². The number of ether oxygens (including phenoxy) is 1. The Hall–Kier alpha value is -2.15. The van der Waals surface area contributed by atoms with Gasteiger partial charge < -0.3 is 19.6 Å². The van der Waals surface area contributed by atoms with Gasteiger partial charge in [-0.3, -0.25) is 0 Å². The van der Waals surface area contributed by atoms with Gasteiger partial charge in [0, 0.05) is 0 Å². The normalized spacial score (nSPS) is 14.6. The van der Waals surface area contributed by atoms with Gasteiger partial charge in [-0.2, -0.15) is 0 Å². The third-order valence-corrected chi connectivity index (χ3v) is 10.2. The van der Waals surface area contributed by atoms with Gasteiger partial charge in [0.1, 0.15) is 5.60 Å². The summed E-state index contributed by atoms with van der Waals surface area (Å²) in [7, 11) is -2.74. The van der Waals surface area contributed by atoms with E-state index in [-0.39, 0.29) is 11.6 Å². The van der Waals surface area contributed by atoms with Gasteiger partial charge in [-0.05, 0) is 43.1 Å². The first kappa shape index (κ1) is 25.1. The number of benzene rings is 2. The van der Waals surface area contributed by atoms with Gasteiger partial charge in [0.15, 0.2) is 0 Å². The molecule has 2 atom stereocenters. The van der Waals surface area contributed by atoms with Gasteiger partial charge in [0.25, 0.3) is 8.32 Å². The Morgan fingerprint density at radius 1 is 0.935 bits per heavy atom. The lowest BCUT2D eigenvalue weighted by Crippen LogP contribution is -2.67. The van der Waals surface area contributed by atoms with Crippen LogP contribution in [0.1, 0.15) is 48.5 Å². The number of aliphatic hydroxyl groups excluding tert-OH is 1. The van der Waals surface area contributed by atoms with E-state index in [2.05, 4.69) is 50.4 Å². The van der Waals surface area contributed by atoms with Crippen molar-refractivity contribution in [1.82, 2.24) is 5.32 Å². The van der Waals surface area contributed by atoms with Crippen molar-refractivity contribution in [3.8, 4) is 0 Å². The Morgan fingerprint density at radius 2 is 1.39 bits per heavy atom. The van der Waals surface area contributed by atoms with E-state index in [9.17, 15) is 9.90 Å². The van der Waals surface area contributed by atoms with Crippen molar-refractivity contribution in [1.29, 1.82) is 0 Å². The fourth-order valence-electron chi connectivity index (χ4n) is 3.71. The molecule has 2 rings (SSSR count). The second-order valence-electron chi connectivity index (χ2n) is 9.98. The minimum Gasteiger partial charge on any atom is -0.444 e. The first-order valence-corrected chi connectivity index (χ1v) is 12.7. The molecule has 2 aromatic carbocycles. The molecule has 1 amide bonds. The molecule has 0 saturated heterocycles. The third-order valence-electron chi connectivity index (χ3n) is 5.21. The Balaban J connectivity index is 2.30. The molecule has 170 valence electrons. The molecule has 2 aromatic rings. The van der Waals surface area contributed by atoms with E-state index in [1.807, 2.05) is 36.4 Å². The number of nitrogens with one attached hydrogen (secondary N) is 1. The summed E-state index contributed by atoms with van der Waals surface area (Å²) in [5, 5.41) is 15.6. The smallest absolute Gasteiger partial charge is 0.407 e. The van der Waals surface area contributed by atoms with Crippen LogP contribution >= 0.6 is 0 Å². The Kier molecular flexibility index (Phi) is 8.08. The molecule has 0 heterocycles. The van der Waals surface area contributed by atoms with Crippen LogP contribution in [0.25, 0.3) is 0 Å².